The van der Waals surface area contributed by atoms with Crippen LogP contribution in [0.4, 0.5) is 0 Å². The molecule has 132 valence electrons. The average molecular weight is 338 g/mol. The van der Waals surface area contributed by atoms with Crippen LogP contribution in [0.2, 0.25) is 0 Å². The predicted octanol–water partition coefficient (Wildman–Crippen LogP) is 2.17. The summed E-state index contributed by atoms with van der Waals surface area (Å²) in [6.07, 6.45) is 5.57. The second-order valence-corrected chi connectivity index (χ2v) is 6.80. The Kier molecular flexibility index (Phi) is 5.79. The first-order valence-corrected chi connectivity index (χ1v) is 8.85. The van der Waals surface area contributed by atoms with Gasteiger partial charge >= 0.3 is 0 Å². The van der Waals surface area contributed by atoms with Gasteiger partial charge in [-0.2, -0.15) is 0 Å². The van der Waals surface area contributed by atoms with Crippen molar-refractivity contribution in [2.24, 2.45) is 5.73 Å². The molecule has 1 unspecified atom stereocenters. The van der Waals surface area contributed by atoms with Crippen molar-refractivity contribution in [3.05, 3.63) is 65.5 Å². The molecule has 1 aliphatic heterocycles. The van der Waals surface area contributed by atoms with Gasteiger partial charge in [-0.3, -0.25) is 14.7 Å². The van der Waals surface area contributed by atoms with E-state index in [0.29, 0.717) is 0 Å². The molecule has 0 bridgehead atoms. The first-order chi connectivity index (χ1) is 12.1. The maximum absolute atomic E-state index is 12.4. The first kappa shape index (κ1) is 17.6. The van der Waals surface area contributed by atoms with E-state index in [1.807, 2.05) is 43.6 Å². The van der Waals surface area contributed by atoms with Gasteiger partial charge in [0.15, 0.2) is 0 Å². The molecule has 1 atom stereocenters. The molecule has 2 aromatic rings. The van der Waals surface area contributed by atoms with Gasteiger partial charge in [-0.05, 0) is 43.0 Å². The highest BCUT2D eigenvalue weighted by Gasteiger charge is 2.23. The lowest BCUT2D eigenvalue weighted by molar-refractivity contribution is -0.123. The van der Waals surface area contributed by atoms with E-state index in [0.717, 1.165) is 43.6 Å². The summed E-state index contributed by atoms with van der Waals surface area (Å²) in [5.41, 5.74) is 9.41. The van der Waals surface area contributed by atoms with E-state index in [1.54, 1.807) is 0 Å². The van der Waals surface area contributed by atoms with Gasteiger partial charge in [0.25, 0.3) is 0 Å². The van der Waals surface area contributed by atoms with Crippen LogP contribution in [-0.2, 0) is 11.3 Å². The normalized spacial score (nSPS) is 17.2. The summed E-state index contributed by atoms with van der Waals surface area (Å²) in [7, 11) is 0. The topological polar surface area (TPSA) is 71.2 Å². The van der Waals surface area contributed by atoms with Gasteiger partial charge in [0.2, 0.25) is 5.91 Å². The Labute approximate surface area is 149 Å². The highest BCUT2D eigenvalue weighted by atomic mass is 16.2. The summed E-state index contributed by atoms with van der Waals surface area (Å²) in [5, 5.41) is 3.12. The molecule has 0 saturated carbocycles. The number of nitrogens with zero attached hydrogens (tertiary/aromatic N) is 2. The monoisotopic (exact) mass is 338 g/mol. The number of likely N-dealkylation sites (tertiary alicyclic amines) is 1. The standard InChI is InChI=1S/C20H26N4O/c1-15-2-4-17(5-3-15)19(21)20(25)23-18-8-12-24(13-9-18)14-16-6-10-22-11-7-16/h2-7,10-11,18-19H,8-9,12-14,21H2,1H3,(H,23,25). The fourth-order valence-corrected chi connectivity index (χ4v) is 3.20. The lowest BCUT2D eigenvalue weighted by atomic mass is 10.0. The molecule has 1 aromatic carbocycles. The second kappa shape index (κ2) is 8.23. The summed E-state index contributed by atoms with van der Waals surface area (Å²) in [6, 6.07) is 11.5. The number of benzene rings is 1. The maximum Gasteiger partial charge on any atom is 0.241 e. The van der Waals surface area contributed by atoms with Crippen molar-refractivity contribution in [1.82, 2.24) is 15.2 Å². The third-order valence-corrected chi connectivity index (χ3v) is 4.81. The number of nitrogens with one attached hydrogen (secondary N) is 1. The van der Waals surface area contributed by atoms with Gasteiger partial charge in [-0.15, -0.1) is 0 Å². The van der Waals surface area contributed by atoms with Crippen LogP contribution in [-0.4, -0.2) is 34.9 Å². The Morgan fingerprint density at radius 2 is 1.84 bits per heavy atom. The van der Waals surface area contributed by atoms with Crippen LogP contribution < -0.4 is 11.1 Å². The Morgan fingerprint density at radius 3 is 2.48 bits per heavy atom. The van der Waals surface area contributed by atoms with Crippen molar-refractivity contribution >= 4 is 5.91 Å². The van der Waals surface area contributed by atoms with E-state index in [-0.39, 0.29) is 11.9 Å². The molecule has 3 rings (SSSR count). The molecule has 3 N–H and O–H groups in total. The van der Waals surface area contributed by atoms with Crippen molar-refractivity contribution < 1.29 is 4.79 Å². The molecule has 1 aliphatic rings. The Balaban J connectivity index is 1.46. The van der Waals surface area contributed by atoms with E-state index in [2.05, 4.69) is 27.3 Å². The number of aryl methyl sites for hydroxylation is 1. The number of piperidine rings is 1. The van der Waals surface area contributed by atoms with Crippen LogP contribution in [0.1, 0.15) is 35.6 Å². The SMILES string of the molecule is Cc1ccc(C(N)C(=O)NC2CCN(Cc3ccncc3)CC2)cc1. The molecular weight excluding hydrogens is 312 g/mol. The number of hydrogen-bond acceptors (Lipinski definition) is 4. The predicted molar refractivity (Wildman–Crippen MR) is 98.8 cm³/mol. The van der Waals surface area contributed by atoms with Gasteiger partial charge in [0.05, 0.1) is 0 Å². The zero-order valence-electron chi connectivity index (χ0n) is 14.7. The van der Waals surface area contributed by atoms with Crippen molar-refractivity contribution in [3.63, 3.8) is 0 Å². The molecule has 1 amide bonds. The highest BCUT2D eigenvalue weighted by Crippen LogP contribution is 2.16. The van der Waals surface area contributed by atoms with E-state index in [1.165, 1.54) is 5.56 Å². The second-order valence-electron chi connectivity index (χ2n) is 6.80. The van der Waals surface area contributed by atoms with Gasteiger partial charge in [0, 0.05) is 38.1 Å². The zero-order chi connectivity index (χ0) is 17.6. The Bertz CT molecular complexity index is 679. The fraction of sp³-hybridized carbons (Fsp3) is 0.400. The number of carbonyl (C=O) groups is 1. The van der Waals surface area contributed by atoms with Crippen LogP contribution in [0.3, 0.4) is 0 Å². The Hall–Kier alpha value is -2.24. The van der Waals surface area contributed by atoms with Crippen molar-refractivity contribution in [1.29, 1.82) is 0 Å². The smallest absolute Gasteiger partial charge is 0.241 e. The largest absolute Gasteiger partial charge is 0.352 e. The minimum atomic E-state index is -0.601. The third-order valence-electron chi connectivity index (χ3n) is 4.81. The number of hydrogen-bond donors (Lipinski definition) is 2. The van der Waals surface area contributed by atoms with Crippen molar-refractivity contribution in [3.8, 4) is 0 Å². The lowest BCUT2D eigenvalue weighted by Crippen LogP contribution is -2.46. The summed E-state index contributed by atoms with van der Waals surface area (Å²) in [6.45, 7) is 4.92. The minimum Gasteiger partial charge on any atom is -0.352 e. The van der Waals surface area contributed by atoms with E-state index in [4.69, 9.17) is 5.73 Å². The summed E-state index contributed by atoms with van der Waals surface area (Å²) in [5.74, 6) is -0.0866. The molecule has 1 aromatic heterocycles. The summed E-state index contributed by atoms with van der Waals surface area (Å²) in [4.78, 5) is 18.9. The average Bonchev–Trinajstić information content (AvgIpc) is 2.64. The van der Waals surface area contributed by atoms with E-state index >= 15 is 0 Å². The fourth-order valence-electron chi connectivity index (χ4n) is 3.20. The molecule has 2 heterocycles. The summed E-state index contributed by atoms with van der Waals surface area (Å²) < 4.78 is 0. The van der Waals surface area contributed by atoms with E-state index in [9.17, 15) is 4.79 Å². The number of aromatic nitrogens is 1. The lowest BCUT2D eigenvalue weighted by Gasteiger charge is -2.32. The van der Waals surface area contributed by atoms with Crippen molar-refractivity contribution in [2.45, 2.75) is 38.4 Å². The van der Waals surface area contributed by atoms with Gasteiger partial charge in [-0.1, -0.05) is 29.8 Å². The number of amides is 1. The van der Waals surface area contributed by atoms with Crippen LogP contribution in [0.5, 0.6) is 0 Å². The highest BCUT2D eigenvalue weighted by molar-refractivity contribution is 5.83. The first-order valence-electron chi connectivity index (χ1n) is 8.85. The van der Waals surface area contributed by atoms with Gasteiger partial charge in [0.1, 0.15) is 6.04 Å². The van der Waals surface area contributed by atoms with Crippen LogP contribution in [0, 0.1) is 6.92 Å². The van der Waals surface area contributed by atoms with E-state index < -0.39 is 6.04 Å². The molecule has 5 heteroatoms. The number of pyridine rings is 1. The molecule has 5 nitrogen and oxygen atoms in total. The number of nitrogens with two attached hydrogens (primary N) is 1. The molecule has 0 spiro atoms. The van der Waals surface area contributed by atoms with Crippen LogP contribution >= 0.6 is 0 Å². The zero-order valence-corrected chi connectivity index (χ0v) is 14.7. The molecule has 1 saturated heterocycles. The molecule has 0 radical (unpaired) electrons. The minimum absolute atomic E-state index is 0.0866. The molecular formula is C20H26N4O. The molecule has 25 heavy (non-hydrogen) atoms. The number of rotatable bonds is 5. The number of carbonyl (C=O) groups excluding carboxylic acids is 1. The molecule has 0 aliphatic carbocycles. The van der Waals surface area contributed by atoms with Gasteiger partial charge in [-0.25, -0.2) is 0 Å². The maximum atomic E-state index is 12.4. The summed E-state index contributed by atoms with van der Waals surface area (Å²) >= 11 is 0. The Morgan fingerprint density at radius 1 is 1.20 bits per heavy atom. The van der Waals surface area contributed by atoms with Crippen LogP contribution in [0.25, 0.3) is 0 Å². The van der Waals surface area contributed by atoms with Crippen LogP contribution in [0.15, 0.2) is 48.8 Å². The van der Waals surface area contributed by atoms with Gasteiger partial charge < -0.3 is 11.1 Å². The third kappa shape index (κ3) is 4.87. The van der Waals surface area contributed by atoms with Crippen molar-refractivity contribution in [2.75, 3.05) is 13.1 Å². The quantitative estimate of drug-likeness (QED) is 0.876. The molecule has 1 fully saturated rings.